The highest BCUT2D eigenvalue weighted by Crippen LogP contribution is 2.27. The van der Waals surface area contributed by atoms with E-state index in [1.165, 1.54) is 0 Å². The minimum Gasteiger partial charge on any atom is -0.496 e. The van der Waals surface area contributed by atoms with Gasteiger partial charge in [-0.3, -0.25) is 4.79 Å². The zero-order chi connectivity index (χ0) is 18.4. The van der Waals surface area contributed by atoms with E-state index in [1.54, 1.807) is 13.2 Å². The Bertz CT molecular complexity index is 808. The van der Waals surface area contributed by atoms with Crippen molar-refractivity contribution >= 4 is 23.4 Å². The number of para-hydroxylation sites is 1. The lowest BCUT2D eigenvalue weighted by Gasteiger charge is -2.21. The molecular weight excluding hydrogens is 328 g/mol. The highest BCUT2D eigenvalue weighted by Gasteiger charge is 2.27. The summed E-state index contributed by atoms with van der Waals surface area (Å²) in [5.41, 5.74) is 1.93. The Labute approximate surface area is 153 Å². The first-order chi connectivity index (χ1) is 12.7. The Morgan fingerprint density at radius 3 is 2.50 bits per heavy atom. The maximum atomic E-state index is 12.9. The monoisotopic (exact) mass is 350 g/mol. The number of carbonyl (C=O) groups excluding carboxylic acids is 2. The van der Waals surface area contributed by atoms with Crippen molar-refractivity contribution in [3.05, 3.63) is 65.7 Å². The standard InChI is InChI=1S/C22H22O4/c1-25-20-13-7-5-11-17(20)15-18(16-9-3-2-4-10-16)22(24)26-21-14-8-6-12-19(21)23/h2-5,7,9-11,13,15,21H,6,8,12,14H2,1H3/b18-15+. The Balaban J connectivity index is 1.94. The normalized spacial score (nSPS) is 17.7. The predicted octanol–water partition coefficient (Wildman–Crippen LogP) is 4.29. The van der Waals surface area contributed by atoms with Crippen molar-refractivity contribution in [2.45, 2.75) is 31.8 Å². The molecule has 0 aliphatic heterocycles. The Hall–Kier alpha value is -2.88. The summed E-state index contributed by atoms with van der Waals surface area (Å²) in [5, 5.41) is 0. The van der Waals surface area contributed by atoms with Crippen molar-refractivity contribution in [3.63, 3.8) is 0 Å². The first kappa shape index (κ1) is 17.9. The molecule has 0 amide bonds. The van der Waals surface area contributed by atoms with Crippen LogP contribution in [0.2, 0.25) is 0 Å². The second kappa shape index (κ2) is 8.48. The molecule has 1 unspecified atom stereocenters. The highest BCUT2D eigenvalue weighted by atomic mass is 16.5. The number of Topliss-reactive ketones (excluding diaryl/α,β-unsaturated/α-hetero) is 1. The van der Waals surface area contributed by atoms with Crippen LogP contribution in [0, 0.1) is 0 Å². The molecule has 0 radical (unpaired) electrons. The van der Waals surface area contributed by atoms with Crippen molar-refractivity contribution in [2.24, 2.45) is 0 Å². The van der Waals surface area contributed by atoms with Crippen LogP contribution in [0.25, 0.3) is 11.6 Å². The van der Waals surface area contributed by atoms with Crippen LogP contribution in [0.15, 0.2) is 54.6 Å². The zero-order valence-corrected chi connectivity index (χ0v) is 14.8. The Kier molecular flexibility index (Phi) is 5.84. The number of hydrogen-bond donors (Lipinski definition) is 0. The maximum Gasteiger partial charge on any atom is 0.339 e. The van der Waals surface area contributed by atoms with Gasteiger partial charge in [0.25, 0.3) is 0 Å². The average Bonchev–Trinajstić information content (AvgIpc) is 2.68. The van der Waals surface area contributed by atoms with Gasteiger partial charge in [-0.25, -0.2) is 4.79 Å². The number of ketones is 1. The topological polar surface area (TPSA) is 52.6 Å². The van der Waals surface area contributed by atoms with Crippen LogP contribution in [0.5, 0.6) is 5.75 Å². The van der Waals surface area contributed by atoms with Gasteiger partial charge >= 0.3 is 5.97 Å². The second-order valence-electron chi connectivity index (χ2n) is 6.27. The van der Waals surface area contributed by atoms with Gasteiger partial charge in [-0.1, -0.05) is 48.5 Å². The van der Waals surface area contributed by atoms with E-state index >= 15 is 0 Å². The van der Waals surface area contributed by atoms with Crippen LogP contribution in [0.3, 0.4) is 0 Å². The average molecular weight is 350 g/mol. The summed E-state index contributed by atoms with van der Waals surface area (Å²) < 4.78 is 10.9. The van der Waals surface area contributed by atoms with E-state index in [-0.39, 0.29) is 5.78 Å². The molecule has 4 nitrogen and oxygen atoms in total. The van der Waals surface area contributed by atoms with E-state index in [4.69, 9.17) is 9.47 Å². The molecule has 1 aliphatic carbocycles. The van der Waals surface area contributed by atoms with Gasteiger partial charge in [-0.15, -0.1) is 0 Å². The van der Waals surface area contributed by atoms with E-state index < -0.39 is 12.1 Å². The summed E-state index contributed by atoms with van der Waals surface area (Å²) in [6.07, 6.45) is 3.97. The molecule has 0 heterocycles. The molecule has 0 saturated heterocycles. The van der Waals surface area contributed by atoms with Gasteiger partial charge in [0, 0.05) is 12.0 Å². The van der Waals surface area contributed by atoms with Crippen molar-refractivity contribution in [1.82, 2.24) is 0 Å². The summed E-state index contributed by atoms with van der Waals surface area (Å²) in [5.74, 6) is 0.194. The van der Waals surface area contributed by atoms with Crippen molar-refractivity contribution in [1.29, 1.82) is 0 Å². The molecule has 2 aromatic rings. The lowest BCUT2D eigenvalue weighted by atomic mass is 9.96. The number of hydrogen-bond acceptors (Lipinski definition) is 4. The number of methoxy groups -OCH3 is 1. The molecule has 1 atom stereocenters. The molecule has 0 aromatic heterocycles. The fraction of sp³-hybridized carbons (Fsp3) is 0.273. The molecule has 134 valence electrons. The number of rotatable bonds is 5. The number of benzene rings is 2. The summed E-state index contributed by atoms with van der Waals surface area (Å²) in [6, 6.07) is 16.8. The molecule has 3 rings (SSSR count). The van der Waals surface area contributed by atoms with Gasteiger partial charge in [0.1, 0.15) is 5.75 Å². The first-order valence-electron chi connectivity index (χ1n) is 8.83. The summed E-state index contributed by atoms with van der Waals surface area (Å²) >= 11 is 0. The molecule has 0 spiro atoms. The van der Waals surface area contributed by atoms with E-state index in [9.17, 15) is 9.59 Å². The highest BCUT2D eigenvalue weighted by molar-refractivity contribution is 6.22. The van der Waals surface area contributed by atoms with E-state index in [1.807, 2.05) is 54.6 Å². The third-order valence-corrected chi connectivity index (χ3v) is 4.49. The smallest absolute Gasteiger partial charge is 0.339 e. The fourth-order valence-electron chi connectivity index (χ4n) is 3.09. The van der Waals surface area contributed by atoms with E-state index in [2.05, 4.69) is 0 Å². The Morgan fingerprint density at radius 1 is 1.04 bits per heavy atom. The van der Waals surface area contributed by atoms with Crippen molar-refractivity contribution in [3.8, 4) is 5.75 Å². The maximum absolute atomic E-state index is 12.9. The molecule has 1 fully saturated rings. The van der Waals surface area contributed by atoms with Gasteiger partial charge in [0.05, 0.1) is 12.7 Å². The molecular formula is C22H22O4. The zero-order valence-electron chi connectivity index (χ0n) is 14.8. The second-order valence-corrected chi connectivity index (χ2v) is 6.27. The van der Waals surface area contributed by atoms with E-state index in [0.29, 0.717) is 24.2 Å². The lowest BCUT2D eigenvalue weighted by Crippen LogP contribution is -2.30. The van der Waals surface area contributed by atoms with Gasteiger partial charge in [0.15, 0.2) is 11.9 Å². The molecule has 2 aromatic carbocycles. The minimum atomic E-state index is -0.638. The molecule has 4 heteroatoms. The van der Waals surface area contributed by atoms with Crippen LogP contribution in [0.1, 0.15) is 36.8 Å². The fourth-order valence-corrected chi connectivity index (χ4v) is 3.09. The molecule has 1 saturated carbocycles. The molecule has 26 heavy (non-hydrogen) atoms. The largest absolute Gasteiger partial charge is 0.496 e. The van der Waals surface area contributed by atoms with Gasteiger partial charge in [-0.05, 0) is 37.0 Å². The van der Waals surface area contributed by atoms with Crippen molar-refractivity contribution < 1.29 is 19.1 Å². The van der Waals surface area contributed by atoms with Crippen LogP contribution in [-0.2, 0) is 14.3 Å². The number of esters is 1. The van der Waals surface area contributed by atoms with Crippen LogP contribution in [0.4, 0.5) is 0 Å². The quantitative estimate of drug-likeness (QED) is 0.458. The van der Waals surface area contributed by atoms with Gasteiger partial charge < -0.3 is 9.47 Å². The number of ether oxygens (including phenoxy) is 2. The third kappa shape index (κ3) is 4.20. The summed E-state index contributed by atoms with van der Waals surface area (Å²) in [7, 11) is 1.59. The molecule has 1 aliphatic rings. The first-order valence-corrected chi connectivity index (χ1v) is 8.83. The Morgan fingerprint density at radius 2 is 1.77 bits per heavy atom. The summed E-state index contributed by atoms with van der Waals surface area (Å²) in [6.45, 7) is 0. The van der Waals surface area contributed by atoms with Crippen molar-refractivity contribution in [2.75, 3.05) is 7.11 Å². The van der Waals surface area contributed by atoms with Gasteiger partial charge in [0.2, 0.25) is 0 Å². The lowest BCUT2D eigenvalue weighted by molar-refractivity contribution is -0.151. The molecule has 0 bridgehead atoms. The van der Waals surface area contributed by atoms with Crippen LogP contribution in [-0.4, -0.2) is 25.0 Å². The predicted molar refractivity (Wildman–Crippen MR) is 101 cm³/mol. The SMILES string of the molecule is COc1ccccc1/C=C(/C(=O)OC1CCCCC1=O)c1ccccc1. The van der Waals surface area contributed by atoms with Crippen LogP contribution >= 0.6 is 0 Å². The third-order valence-electron chi connectivity index (χ3n) is 4.49. The van der Waals surface area contributed by atoms with Gasteiger partial charge in [-0.2, -0.15) is 0 Å². The summed E-state index contributed by atoms with van der Waals surface area (Å²) in [4.78, 5) is 24.9. The minimum absolute atomic E-state index is 0.00861. The van der Waals surface area contributed by atoms with Crippen LogP contribution < -0.4 is 4.74 Å². The molecule has 0 N–H and O–H groups in total. The number of carbonyl (C=O) groups is 2. The van der Waals surface area contributed by atoms with E-state index in [0.717, 1.165) is 24.0 Å².